The Morgan fingerprint density at radius 1 is 0.465 bits per heavy atom. The van der Waals surface area contributed by atoms with Gasteiger partial charge in [-0.15, -0.1) is 0 Å². The molecular formula is C38H66O3Sn2. The molecule has 0 spiro atoms. The molecule has 43 heavy (non-hydrogen) atoms. The topological polar surface area (TPSA) is 27.7 Å². The van der Waals surface area contributed by atoms with Gasteiger partial charge in [0.1, 0.15) is 0 Å². The quantitative estimate of drug-likeness (QED) is 0.0989. The second kappa shape index (κ2) is 21.4. The van der Waals surface area contributed by atoms with E-state index >= 15 is 0 Å². The van der Waals surface area contributed by atoms with Gasteiger partial charge in [0, 0.05) is 0 Å². The van der Waals surface area contributed by atoms with E-state index in [1.54, 1.807) is 0 Å². The SMILES string of the molecule is CCC[CH2][Sn]([CH2]CCC)([O]c1cccc(CCC)c1CC)[O][Sn]([CH2]CCC)([CH2]CCC)[O]c1cccc(CCC)c1CC. The summed E-state index contributed by atoms with van der Waals surface area (Å²) in [5.41, 5.74) is 5.73. The average molecular weight is 808 g/mol. The van der Waals surface area contributed by atoms with Gasteiger partial charge in [0.05, 0.1) is 0 Å². The first-order chi connectivity index (χ1) is 20.9. The van der Waals surface area contributed by atoms with Crippen LogP contribution in [0.2, 0.25) is 17.7 Å². The number of benzene rings is 2. The molecule has 2 aromatic carbocycles. The molecular weight excluding hydrogens is 742 g/mol. The third kappa shape index (κ3) is 12.0. The van der Waals surface area contributed by atoms with Gasteiger partial charge >= 0.3 is 279 Å². The first-order valence-corrected chi connectivity index (χ1v) is 30.9. The first-order valence-electron chi connectivity index (χ1n) is 18.2. The van der Waals surface area contributed by atoms with E-state index in [4.69, 9.17) is 7.56 Å². The maximum atomic E-state index is 8.02. The molecule has 0 bridgehead atoms. The van der Waals surface area contributed by atoms with Crippen molar-refractivity contribution < 1.29 is 7.56 Å². The Balaban J connectivity index is 2.73. The standard InChI is InChI=1S/2C11H16O.4C4H9.O.2Sn/c2*1-3-6-9-7-5-8-11(12)10(9)4-2;4*1-3-4-2;;;/h2*5,7-8,12H,3-4,6H2,1-2H3;4*1,3-4H2,2H3;;;/q;;;;;;;2*+1/p-2. The number of aryl methyl sites for hydroxylation is 2. The van der Waals surface area contributed by atoms with Crippen LogP contribution >= 0.6 is 0 Å². The Morgan fingerprint density at radius 3 is 1.09 bits per heavy atom. The fourth-order valence-electron chi connectivity index (χ4n) is 6.45. The third-order valence-electron chi connectivity index (χ3n) is 8.81. The Morgan fingerprint density at radius 2 is 0.814 bits per heavy atom. The molecule has 2 aromatic rings. The Kier molecular flexibility index (Phi) is 19.3. The van der Waals surface area contributed by atoms with Crippen molar-refractivity contribution in [3.8, 4) is 11.5 Å². The van der Waals surface area contributed by atoms with Crippen LogP contribution in [-0.2, 0) is 27.1 Å². The molecule has 0 aliphatic heterocycles. The number of rotatable bonds is 24. The van der Waals surface area contributed by atoms with Crippen LogP contribution in [-0.4, -0.2) is 38.4 Å². The van der Waals surface area contributed by atoms with Crippen molar-refractivity contribution in [2.24, 2.45) is 0 Å². The Hall–Kier alpha value is -0.403. The summed E-state index contributed by atoms with van der Waals surface area (Å²) in [6.45, 7) is 18.4. The van der Waals surface area contributed by atoms with E-state index < -0.39 is 38.4 Å². The van der Waals surface area contributed by atoms with Crippen molar-refractivity contribution >= 4 is 38.4 Å². The number of hydrogen-bond acceptors (Lipinski definition) is 3. The number of unbranched alkanes of at least 4 members (excludes halogenated alkanes) is 4. The van der Waals surface area contributed by atoms with Gasteiger partial charge in [0.15, 0.2) is 0 Å². The monoisotopic (exact) mass is 810 g/mol. The molecule has 244 valence electrons. The van der Waals surface area contributed by atoms with E-state index in [2.05, 4.69) is 91.8 Å². The summed E-state index contributed by atoms with van der Waals surface area (Å²) in [6.07, 6.45) is 16.0. The zero-order valence-corrected chi connectivity index (χ0v) is 35.1. The van der Waals surface area contributed by atoms with Gasteiger partial charge in [-0.1, -0.05) is 0 Å². The molecule has 2 rings (SSSR count). The molecule has 0 saturated heterocycles. The molecule has 0 heterocycles. The summed E-state index contributed by atoms with van der Waals surface area (Å²) in [5.74, 6) is 2.25. The van der Waals surface area contributed by atoms with Crippen LogP contribution in [0.1, 0.15) is 142 Å². The summed E-state index contributed by atoms with van der Waals surface area (Å²) in [4.78, 5) is 0. The Labute approximate surface area is 277 Å². The fourth-order valence-corrected chi connectivity index (χ4v) is 48.3. The van der Waals surface area contributed by atoms with Crippen LogP contribution in [0.15, 0.2) is 36.4 Å². The molecule has 0 saturated carbocycles. The molecule has 0 aliphatic carbocycles. The zero-order chi connectivity index (χ0) is 31.6. The normalized spacial score (nSPS) is 12.1. The van der Waals surface area contributed by atoms with E-state index in [0.717, 1.165) is 67.8 Å². The van der Waals surface area contributed by atoms with Crippen LogP contribution < -0.4 is 6.15 Å². The predicted octanol–water partition coefficient (Wildman–Crippen LogP) is 12.3. The molecule has 0 aliphatic rings. The predicted molar refractivity (Wildman–Crippen MR) is 192 cm³/mol. The van der Waals surface area contributed by atoms with Crippen LogP contribution in [0, 0.1) is 0 Å². The van der Waals surface area contributed by atoms with Crippen LogP contribution in [0.3, 0.4) is 0 Å². The van der Waals surface area contributed by atoms with Gasteiger partial charge < -0.3 is 0 Å². The van der Waals surface area contributed by atoms with Crippen molar-refractivity contribution in [1.82, 2.24) is 0 Å². The summed E-state index contributed by atoms with van der Waals surface area (Å²) in [5, 5.41) is 0. The molecule has 0 amide bonds. The van der Waals surface area contributed by atoms with Crippen LogP contribution in [0.4, 0.5) is 0 Å². The van der Waals surface area contributed by atoms with Crippen molar-refractivity contribution in [3.05, 3.63) is 58.7 Å². The summed E-state index contributed by atoms with van der Waals surface area (Å²) < 4.78 is 27.6. The van der Waals surface area contributed by atoms with Gasteiger partial charge in [-0.05, 0) is 0 Å². The van der Waals surface area contributed by atoms with Gasteiger partial charge in [-0.3, -0.25) is 0 Å². The minimum absolute atomic E-state index is 1.01. The minimum atomic E-state index is -3.67. The zero-order valence-electron chi connectivity index (χ0n) is 29.4. The second-order valence-electron chi connectivity index (χ2n) is 12.5. The van der Waals surface area contributed by atoms with E-state index in [1.165, 1.54) is 73.6 Å². The maximum absolute atomic E-state index is 8.02. The van der Waals surface area contributed by atoms with Gasteiger partial charge in [0.2, 0.25) is 0 Å². The van der Waals surface area contributed by atoms with Crippen molar-refractivity contribution in [2.75, 3.05) is 0 Å². The molecule has 0 fully saturated rings. The first kappa shape index (κ1) is 38.8. The van der Waals surface area contributed by atoms with Crippen molar-refractivity contribution in [2.45, 2.75) is 163 Å². The third-order valence-corrected chi connectivity index (χ3v) is 41.3. The summed E-state index contributed by atoms with van der Waals surface area (Å²) in [6, 6.07) is 13.6. The summed E-state index contributed by atoms with van der Waals surface area (Å²) >= 11 is -7.35. The Bertz CT molecular complexity index is 940. The average Bonchev–Trinajstić information content (AvgIpc) is 3.01. The molecule has 0 atom stereocenters. The molecule has 0 aromatic heterocycles. The van der Waals surface area contributed by atoms with E-state index in [-0.39, 0.29) is 0 Å². The summed E-state index contributed by atoms with van der Waals surface area (Å²) in [7, 11) is 0. The molecule has 0 N–H and O–H groups in total. The van der Waals surface area contributed by atoms with Gasteiger partial charge in [-0.25, -0.2) is 0 Å². The molecule has 0 radical (unpaired) electrons. The molecule has 0 unspecified atom stereocenters. The van der Waals surface area contributed by atoms with Gasteiger partial charge in [-0.2, -0.15) is 0 Å². The molecule has 3 nitrogen and oxygen atoms in total. The molecule has 5 heteroatoms. The van der Waals surface area contributed by atoms with E-state index in [1.807, 2.05) is 0 Å². The number of hydrogen-bond donors (Lipinski definition) is 0. The van der Waals surface area contributed by atoms with Crippen LogP contribution in [0.25, 0.3) is 0 Å². The van der Waals surface area contributed by atoms with Crippen LogP contribution in [0.5, 0.6) is 11.5 Å². The van der Waals surface area contributed by atoms with Crippen molar-refractivity contribution in [1.29, 1.82) is 0 Å². The van der Waals surface area contributed by atoms with E-state index in [9.17, 15) is 0 Å². The van der Waals surface area contributed by atoms with E-state index in [0.29, 0.717) is 0 Å². The second-order valence-corrected chi connectivity index (χ2v) is 34.3. The fraction of sp³-hybridized carbons (Fsp3) is 0.684. The van der Waals surface area contributed by atoms with Crippen molar-refractivity contribution in [3.63, 3.8) is 0 Å². The van der Waals surface area contributed by atoms with Gasteiger partial charge in [0.25, 0.3) is 0 Å².